The molecule has 0 radical (unpaired) electrons. The average Bonchev–Trinajstić information content (AvgIpc) is 3.32. The van der Waals surface area contributed by atoms with Gasteiger partial charge >= 0.3 is 6.18 Å². The van der Waals surface area contributed by atoms with Gasteiger partial charge in [-0.3, -0.25) is 4.79 Å². The van der Waals surface area contributed by atoms with Crippen molar-refractivity contribution in [2.45, 2.75) is 38.0 Å². The van der Waals surface area contributed by atoms with Crippen LogP contribution < -0.4 is 30.9 Å². The number of hydrogen-bond acceptors (Lipinski definition) is 8. The lowest BCUT2D eigenvalue weighted by atomic mass is 10.0. The number of carbonyl (C=O) groups excluding carboxylic acids is 1. The first-order chi connectivity index (χ1) is 18.7. The predicted octanol–water partition coefficient (Wildman–Crippen LogP) is 4.54. The van der Waals surface area contributed by atoms with Gasteiger partial charge in [-0.1, -0.05) is 12.1 Å². The van der Waals surface area contributed by atoms with Crippen molar-refractivity contribution in [3.63, 3.8) is 0 Å². The Morgan fingerprint density at radius 3 is 2.69 bits per heavy atom. The normalized spacial score (nSPS) is 15.6. The molecule has 12 heteroatoms. The summed E-state index contributed by atoms with van der Waals surface area (Å²) in [6.45, 7) is 1.88. The van der Waals surface area contributed by atoms with Gasteiger partial charge in [-0.15, -0.1) is 0 Å². The summed E-state index contributed by atoms with van der Waals surface area (Å²) >= 11 is 0. The van der Waals surface area contributed by atoms with Crippen molar-refractivity contribution in [1.82, 2.24) is 15.3 Å². The number of hydrogen-bond donors (Lipinski definition) is 4. The van der Waals surface area contributed by atoms with Crippen LogP contribution in [0.15, 0.2) is 42.6 Å². The van der Waals surface area contributed by atoms with Gasteiger partial charge in [0.25, 0.3) is 0 Å². The number of ether oxygens (including phenoxy) is 1. The average molecular weight is 542 g/mol. The number of anilines is 5. The summed E-state index contributed by atoms with van der Waals surface area (Å²) in [6, 6.07) is 11.4. The van der Waals surface area contributed by atoms with Crippen LogP contribution in [0.3, 0.4) is 0 Å². The standard InChI is InChI=1S/C27H30F3N7O2/c1-31-17-8-10-37(11-9-17)18-6-7-22(23(12-18)39-2)35-26-33-15-20(27(28,29)30)25(36-26)32-14-16-4-3-5-21-19(16)13-24(38)34-21/h3-7,12,15,17,31H,8-11,13-14H2,1-2H3,(H,34,38)(H2,32,33,35,36). The van der Waals surface area contributed by atoms with E-state index in [1.807, 2.05) is 25.2 Å². The molecule has 5 rings (SSSR count). The molecule has 206 valence electrons. The van der Waals surface area contributed by atoms with Crippen LogP contribution in [0, 0.1) is 0 Å². The lowest BCUT2D eigenvalue weighted by Gasteiger charge is -2.33. The first-order valence-electron chi connectivity index (χ1n) is 12.7. The molecule has 1 fully saturated rings. The van der Waals surface area contributed by atoms with Crippen LogP contribution in [0.4, 0.5) is 42.0 Å². The molecular formula is C27H30F3N7O2. The van der Waals surface area contributed by atoms with Crippen LogP contribution in [0.5, 0.6) is 5.75 Å². The third-order valence-corrected chi connectivity index (χ3v) is 7.12. The minimum atomic E-state index is -4.66. The number of benzene rings is 2. The van der Waals surface area contributed by atoms with Gasteiger partial charge in [-0.05, 0) is 49.2 Å². The van der Waals surface area contributed by atoms with Gasteiger partial charge in [-0.25, -0.2) is 4.98 Å². The highest BCUT2D eigenvalue weighted by Crippen LogP contribution is 2.36. The molecule has 2 aromatic carbocycles. The van der Waals surface area contributed by atoms with Crippen molar-refractivity contribution in [3.8, 4) is 5.75 Å². The molecule has 1 aromatic heterocycles. The molecule has 1 saturated heterocycles. The quantitative estimate of drug-likeness (QED) is 0.330. The number of rotatable bonds is 8. The lowest BCUT2D eigenvalue weighted by molar-refractivity contribution is -0.137. The summed E-state index contributed by atoms with van der Waals surface area (Å²) in [5.41, 5.74) is 2.69. The van der Waals surface area contributed by atoms with Gasteiger partial charge in [0.1, 0.15) is 17.1 Å². The summed E-state index contributed by atoms with van der Waals surface area (Å²) in [5.74, 6) is 0.00188. The summed E-state index contributed by atoms with van der Waals surface area (Å²) in [4.78, 5) is 22.1. The Bertz CT molecular complexity index is 1360. The van der Waals surface area contributed by atoms with Gasteiger partial charge in [-0.2, -0.15) is 18.2 Å². The van der Waals surface area contributed by atoms with Gasteiger partial charge < -0.3 is 30.9 Å². The molecule has 0 aliphatic carbocycles. The molecule has 0 bridgehead atoms. The summed E-state index contributed by atoms with van der Waals surface area (Å²) in [5, 5.41) is 11.9. The van der Waals surface area contributed by atoms with Crippen molar-refractivity contribution in [2.24, 2.45) is 0 Å². The first kappa shape index (κ1) is 26.5. The van der Waals surface area contributed by atoms with Gasteiger partial charge in [0, 0.05) is 49.3 Å². The van der Waals surface area contributed by atoms with Crippen LogP contribution in [0.2, 0.25) is 0 Å². The second-order valence-electron chi connectivity index (χ2n) is 9.53. The summed E-state index contributed by atoms with van der Waals surface area (Å²) in [6.07, 6.45) is -1.65. The number of nitrogens with zero attached hydrogens (tertiary/aromatic N) is 3. The molecule has 2 aliphatic heterocycles. The SMILES string of the molecule is CNC1CCN(c2ccc(Nc3ncc(C(F)(F)F)c(NCc4cccc5c4CC(=O)N5)n3)c(OC)c2)CC1. The Balaban J connectivity index is 1.36. The molecule has 1 amide bonds. The fourth-order valence-corrected chi connectivity index (χ4v) is 4.97. The molecule has 9 nitrogen and oxygen atoms in total. The Morgan fingerprint density at radius 1 is 1.18 bits per heavy atom. The number of aromatic nitrogens is 2. The van der Waals surface area contributed by atoms with E-state index in [1.165, 1.54) is 7.11 Å². The van der Waals surface area contributed by atoms with Crippen molar-refractivity contribution in [2.75, 3.05) is 48.1 Å². The van der Waals surface area contributed by atoms with Crippen LogP contribution in [0.1, 0.15) is 29.5 Å². The molecule has 39 heavy (non-hydrogen) atoms. The molecular weight excluding hydrogens is 511 g/mol. The second-order valence-corrected chi connectivity index (χ2v) is 9.53. The van der Waals surface area contributed by atoms with Crippen molar-refractivity contribution in [3.05, 3.63) is 59.3 Å². The number of carbonyl (C=O) groups is 1. The van der Waals surface area contributed by atoms with Crippen LogP contribution in [0.25, 0.3) is 0 Å². The maximum atomic E-state index is 13.8. The van der Waals surface area contributed by atoms with E-state index < -0.39 is 11.7 Å². The van der Waals surface area contributed by atoms with E-state index in [1.54, 1.807) is 18.2 Å². The first-order valence-corrected chi connectivity index (χ1v) is 12.7. The fourth-order valence-electron chi connectivity index (χ4n) is 4.97. The van der Waals surface area contributed by atoms with Crippen LogP contribution in [-0.2, 0) is 23.9 Å². The van der Waals surface area contributed by atoms with Crippen LogP contribution >= 0.6 is 0 Å². The molecule has 2 aliphatic rings. The van der Waals surface area contributed by atoms with E-state index in [9.17, 15) is 18.0 Å². The predicted molar refractivity (Wildman–Crippen MR) is 144 cm³/mol. The number of amides is 1. The Hall–Kier alpha value is -4.06. The zero-order valence-electron chi connectivity index (χ0n) is 21.7. The number of alkyl halides is 3. The largest absolute Gasteiger partial charge is 0.494 e. The van der Waals surface area contributed by atoms with Gasteiger partial charge in [0.15, 0.2) is 0 Å². The second kappa shape index (κ2) is 11.0. The highest BCUT2D eigenvalue weighted by molar-refractivity contribution is 5.99. The van der Waals surface area contributed by atoms with Gasteiger partial charge in [0.05, 0.1) is 19.2 Å². The van der Waals surface area contributed by atoms with Crippen molar-refractivity contribution in [1.29, 1.82) is 0 Å². The number of halogens is 3. The van der Waals surface area contributed by atoms with E-state index in [0.29, 0.717) is 28.7 Å². The van der Waals surface area contributed by atoms with E-state index in [-0.39, 0.29) is 30.6 Å². The fraction of sp³-hybridized carbons (Fsp3) is 0.370. The van der Waals surface area contributed by atoms with E-state index >= 15 is 0 Å². The lowest BCUT2D eigenvalue weighted by Crippen LogP contribution is -2.41. The molecule has 0 unspecified atom stereocenters. The van der Waals surface area contributed by atoms with E-state index in [2.05, 4.69) is 36.1 Å². The Kier molecular flexibility index (Phi) is 7.47. The van der Waals surface area contributed by atoms with Crippen molar-refractivity contribution < 1.29 is 22.7 Å². The Labute approximate surface area is 224 Å². The zero-order chi connectivity index (χ0) is 27.6. The van der Waals surface area contributed by atoms with Crippen LogP contribution in [-0.4, -0.2) is 49.2 Å². The maximum Gasteiger partial charge on any atom is 0.421 e. The van der Waals surface area contributed by atoms with E-state index in [0.717, 1.165) is 43.4 Å². The molecule has 0 saturated carbocycles. The van der Waals surface area contributed by atoms with Crippen molar-refractivity contribution >= 4 is 34.7 Å². The summed E-state index contributed by atoms with van der Waals surface area (Å²) in [7, 11) is 3.51. The number of nitrogens with one attached hydrogen (secondary N) is 4. The molecule has 0 spiro atoms. The van der Waals surface area contributed by atoms with Gasteiger partial charge in [0.2, 0.25) is 11.9 Å². The molecule has 4 N–H and O–H groups in total. The number of methoxy groups -OCH3 is 1. The topological polar surface area (TPSA) is 103 Å². The zero-order valence-corrected chi connectivity index (χ0v) is 21.7. The Morgan fingerprint density at radius 2 is 1.97 bits per heavy atom. The minimum absolute atomic E-state index is 0.0125. The molecule has 0 atom stereocenters. The third kappa shape index (κ3) is 5.85. The number of piperidine rings is 1. The highest BCUT2D eigenvalue weighted by Gasteiger charge is 2.35. The maximum absolute atomic E-state index is 13.8. The third-order valence-electron chi connectivity index (χ3n) is 7.12. The molecule has 3 heterocycles. The number of fused-ring (bicyclic) bond motifs is 1. The summed E-state index contributed by atoms with van der Waals surface area (Å²) < 4.78 is 46.9. The smallest absolute Gasteiger partial charge is 0.421 e. The molecule has 3 aromatic rings. The minimum Gasteiger partial charge on any atom is -0.494 e. The van der Waals surface area contributed by atoms with E-state index in [4.69, 9.17) is 4.74 Å². The highest BCUT2D eigenvalue weighted by atomic mass is 19.4. The monoisotopic (exact) mass is 541 g/mol.